The van der Waals surface area contributed by atoms with Gasteiger partial charge >= 0.3 is 0 Å². The van der Waals surface area contributed by atoms with Gasteiger partial charge in [0.15, 0.2) is 0 Å². The van der Waals surface area contributed by atoms with Gasteiger partial charge in [0.05, 0.1) is 22.8 Å². The second-order valence-electron chi connectivity index (χ2n) is 15.0. The first kappa shape index (κ1) is 31.2. The third-order valence-corrected chi connectivity index (χ3v) is 12.0. The minimum atomic E-state index is 0.119. The average Bonchev–Trinajstić information content (AvgIpc) is 3.78. The van der Waals surface area contributed by atoms with E-state index in [0.29, 0.717) is 0 Å². The SMILES string of the molecule is C1=c2c(-c3ccc4ccccc4c3)c3cc(-n4c5ccccc5c5ccccc54)ccc3c(-c3ccccn3)c2=CC(n2c3ccccc3c3ccccc32)C1. The molecule has 1 unspecified atom stereocenters. The first-order valence-electron chi connectivity index (χ1n) is 19.5. The maximum atomic E-state index is 5.05. The molecule has 0 spiro atoms. The van der Waals surface area contributed by atoms with E-state index in [1.165, 1.54) is 92.3 Å². The maximum absolute atomic E-state index is 5.05. The van der Waals surface area contributed by atoms with Gasteiger partial charge in [-0.3, -0.25) is 4.98 Å². The van der Waals surface area contributed by atoms with Crippen molar-refractivity contribution in [2.75, 3.05) is 0 Å². The number of rotatable bonds is 4. The highest BCUT2D eigenvalue weighted by molar-refractivity contribution is 6.12. The van der Waals surface area contributed by atoms with E-state index >= 15 is 0 Å². The predicted molar refractivity (Wildman–Crippen MR) is 236 cm³/mol. The van der Waals surface area contributed by atoms with Crippen molar-refractivity contribution in [3.8, 4) is 28.1 Å². The molecule has 0 fully saturated rings. The number of nitrogens with zero attached hydrogens (tertiary/aromatic N) is 3. The third-order valence-electron chi connectivity index (χ3n) is 12.0. The first-order valence-corrected chi connectivity index (χ1v) is 19.5. The van der Waals surface area contributed by atoms with E-state index in [9.17, 15) is 0 Å². The molecule has 8 aromatic carbocycles. The molecule has 0 N–H and O–H groups in total. The second kappa shape index (κ2) is 12.1. The molecular weight excluding hydrogens is 679 g/mol. The number of hydrogen-bond donors (Lipinski definition) is 0. The Bertz CT molecular complexity index is 3410. The first-order chi connectivity index (χ1) is 27.8. The summed E-state index contributed by atoms with van der Waals surface area (Å²) in [7, 11) is 0. The number of aromatic nitrogens is 3. The van der Waals surface area contributed by atoms with Crippen molar-refractivity contribution in [2.45, 2.75) is 12.5 Å². The van der Waals surface area contributed by atoms with Gasteiger partial charge in [-0.25, -0.2) is 0 Å². The fourth-order valence-electron chi connectivity index (χ4n) is 9.67. The Kier molecular flexibility index (Phi) is 6.75. The lowest BCUT2D eigenvalue weighted by atomic mass is 9.86. The van der Waals surface area contributed by atoms with E-state index in [-0.39, 0.29) is 6.04 Å². The average molecular weight is 714 g/mol. The molecule has 0 saturated carbocycles. The van der Waals surface area contributed by atoms with Crippen molar-refractivity contribution < 1.29 is 0 Å². The molecule has 3 heterocycles. The number of pyridine rings is 1. The zero-order chi connectivity index (χ0) is 36.7. The van der Waals surface area contributed by atoms with Gasteiger partial charge in [-0.05, 0) is 104 Å². The fourth-order valence-corrected chi connectivity index (χ4v) is 9.67. The molecule has 3 aromatic heterocycles. The fraction of sp³-hybridized carbons (Fsp3) is 0.0377. The molecule has 0 amide bonds. The largest absolute Gasteiger partial charge is 0.333 e. The molecule has 0 aliphatic heterocycles. The third kappa shape index (κ3) is 4.55. The highest BCUT2D eigenvalue weighted by Gasteiger charge is 2.23. The Hall–Kier alpha value is -7.23. The topological polar surface area (TPSA) is 22.8 Å². The lowest BCUT2D eigenvalue weighted by molar-refractivity contribution is 0.695. The highest BCUT2D eigenvalue weighted by atomic mass is 15.0. The van der Waals surface area contributed by atoms with Crippen LogP contribution >= 0.6 is 0 Å². The Morgan fingerprint density at radius 3 is 1.73 bits per heavy atom. The molecular formula is C53H35N3. The van der Waals surface area contributed by atoms with E-state index in [0.717, 1.165) is 17.8 Å². The van der Waals surface area contributed by atoms with Gasteiger partial charge in [0.25, 0.3) is 0 Å². The van der Waals surface area contributed by atoms with Gasteiger partial charge < -0.3 is 9.13 Å². The van der Waals surface area contributed by atoms with E-state index in [4.69, 9.17) is 4.98 Å². The van der Waals surface area contributed by atoms with Crippen LogP contribution in [0.1, 0.15) is 12.5 Å². The maximum Gasteiger partial charge on any atom is 0.0714 e. The second-order valence-corrected chi connectivity index (χ2v) is 15.0. The summed E-state index contributed by atoms with van der Waals surface area (Å²) in [5.74, 6) is 0. The van der Waals surface area contributed by atoms with Crippen LogP contribution in [0.4, 0.5) is 0 Å². The van der Waals surface area contributed by atoms with Crippen molar-refractivity contribution in [1.82, 2.24) is 14.1 Å². The van der Waals surface area contributed by atoms with Crippen molar-refractivity contribution in [3.63, 3.8) is 0 Å². The smallest absolute Gasteiger partial charge is 0.0714 e. The van der Waals surface area contributed by atoms with Crippen molar-refractivity contribution in [3.05, 3.63) is 193 Å². The van der Waals surface area contributed by atoms with Gasteiger partial charge in [0.1, 0.15) is 0 Å². The zero-order valence-electron chi connectivity index (χ0n) is 30.6. The van der Waals surface area contributed by atoms with Crippen molar-refractivity contribution >= 4 is 77.3 Å². The molecule has 0 saturated heterocycles. The normalized spacial score (nSPS) is 14.1. The molecule has 262 valence electrons. The number of para-hydroxylation sites is 4. The standard InChI is InChI=1S/C53H35N3/c1-2-14-35-31-36(25-24-34(35)13-1)52-43-28-26-38(56-50-22-9-5-17-41(50)42-18-6-10-23-51(42)56)33-46(43)53(47-19-11-12-30-54-47)44-29-27-37(32-45(44)52)55-48-20-7-3-15-39(48)40-16-4-8-21-49(40)55/h1-25,27-33,38H,26H2. The van der Waals surface area contributed by atoms with Gasteiger partial charge in [-0.1, -0.05) is 133 Å². The predicted octanol–water partition coefficient (Wildman–Crippen LogP) is 12.1. The summed E-state index contributed by atoms with van der Waals surface area (Å²) < 4.78 is 4.99. The molecule has 0 bridgehead atoms. The Labute approximate surface area is 323 Å². The van der Waals surface area contributed by atoms with Crippen molar-refractivity contribution in [2.24, 2.45) is 0 Å². The molecule has 1 aliphatic rings. The number of benzene rings is 8. The quantitative estimate of drug-likeness (QED) is 0.178. The van der Waals surface area contributed by atoms with Gasteiger partial charge in [-0.15, -0.1) is 0 Å². The molecule has 56 heavy (non-hydrogen) atoms. The molecule has 3 heteroatoms. The number of fused-ring (bicyclic) bond motifs is 9. The Morgan fingerprint density at radius 2 is 1.05 bits per heavy atom. The van der Waals surface area contributed by atoms with E-state index in [1.807, 2.05) is 12.3 Å². The van der Waals surface area contributed by atoms with Gasteiger partial charge in [0, 0.05) is 50.0 Å². The van der Waals surface area contributed by atoms with Crippen LogP contribution in [0, 0.1) is 0 Å². The molecule has 1 aliphatic carbocycles. The zero-order valence-corrected chi connectivity index (χ0v) is 30.6. The summed E-state index contributed by atoms with van der Waals surface area (Å²) in [6.45, 7) is 0. The Balaban J connectivity index is 1.22. The van der Waals surface area contributed by atoms with E-state index < -0.39 is 0 Å². The summed E-state index contributed by atoms with van der Waals surface area (Å²) in [4.78, 5) is 5.05. The number of hydrogen-bond acceptors (Lipinski definition) is 1. The van der Waals surface area contributed by atoms with E-state index in [2.05, 4.69) is 191 Å². The summed E-state index contributed by atoms with van der Waals surface area (Å²) in [5.41, 5.74) is 10.7. The van der Waals surface area contributed by atoms with Crippen LogP contribution in [0.25, 0.3) is 105 Å². The lowest BCUT2D eigenvalue weighted by Crippen LogP contribution is -2.34. The van der Waals surface area contributed by atoms with Crippen LogP contribution in [-0.4, -0.2) is 14.1 Å². The van der Waals surface area contributed by atoms with Crippen LogP contribution in [0.5, 0.6) is 0 Å². The van der Waals surface area contributed by atoms with Crippen LogP contribution in [-0.2, 0) is 0 Å². The summed E-state index contributed by atoms with van der Waals surface area (Å²) >= 11 is 0. The molecule has 1 atom stereocenters. The summed E-state index contributed by atoms with van der Waals surface area (Å²) in [6, 6.07) is 64.4. The lowest BCUT2D eigenvalue weighted by Gasteiger charge is -2.23. The molecule has 12 rings (SSSR count). The molecule has 11 aromatic rings. The van der Waals surface area contributed by atoms with Gasteiger partial charge in [-0.2, -0.15) is 0 Å². The molecule has 3 nitrogen and oxygen atoms in total. The highest BCUT2D eigenvalue weighted by Crippen LogP contribution is 2.39. The Morgan fingerprint density at radius 1 is 0.446 bits per heavy atom. The van der Waals surface area contributed by atoms with Crippen molar-refractivity contribution in [1.29, 1.82) is 0 Å². The minimum absolute atomic E-state index is 0.119. The molecule has 0 radical (unpaired) electrons. The van der Waals surface area contributed by atoms with Crippen LogP contribution in [0.15, 0.2) is 182 Å². The monoisotopic (exact) mass is 713 g/mol. The van der Waals surface area contributed by atoms with Crippen LogP contribution in [0.2, 0.25) is 0 Å². The van der Waals surface area contributed by atoms with Crippen LogP contribution < -0.4 is 10.4 Å². The van der Waals surface area contributed by atoms with Gasteiger partial charge in [0.2, 0.25) is 0 Å². The summed E-state index contributed by atoms with van der Waals surface area (Å²) in [6.07, 6.45) is 7.83. The van der Waals surface area contributed by atoms with Crippen LogP contribution in [0.3, 0.4) is 0 Å². The van der Waals surface area contributed by atoms with E-state index in [1.54, 1.807) is 0 Å². The summed E-state index contributed by atoms with van der Waals surface area (Å²) in [5, 5.41) is 12.5. The minimum Gasteiger partial charge on any atom is -0.333 e.